The van der Waals surface area contributed by atoms with Gasteiger partial charge in [0, 0.05) is 31.6 Å². The summed E-state index contributed by atoms with van der Waals surface area (Å²) >= 11 is 0. The molecule has 0 bridgehead atoms. The van der Waals surface area contributed by atoms with Crippen molar-refractivity contribution in [1.82, 2.24) is 10.9 Å². The third kappa shape index (κ3) is 8.07. The van der Waals surface area contributed by atoms with E-state index in [-0.39, 0.29) is 29.6 Å². The highest BCUT2D eigenvalue weighted by Crippen LogP contribution is 2.43. The number of amides is 1. The van der Waals surface area contributed by atoms with Gasteiger partial charge < -0.3 is 19.3 Å². The first-order valence-electron chi connectivity index (χ1n) is 15.9. The number of rotatable bonds is 15. The molecule has 1 saturated carbocycles. The van der Waals surface area contributed by atoms with E-state index in [4.69, 9.17) is 24.3 Å². The second kappa shape index (κ2) is 15.6. The fourth-order valence-electron chi connectivity index (χ4n) is 5.99. The Morgan fingerprint density at radius 3 is 2.48 bits per heavy atom. The number of aliphatic hydroxyl groups is 1. The number of aliphatic hydroxyl groups excluding tert-OH is 1. The Labute approximate surface area is 271 Å². The number of carbonyl (C=O) groups is 1. The van der Waals surface area contributed by atoms with E-state index in [9.17, 15) is 13.2 Å². The molecule has 1 amide bonds. The predicted molar refractivity (Wildman–Crippen MR) is 176 cm³/mol. The fourth-order valence-corrected chi connectivity index (χ4v) is 7.37. The minimum absolute atomic E-state index is 0.0358. The van der Waals surface area contributed by atoms with Crippen LogP contribution in [-0.4, -0.2) is 63.5 Å². The lowest BCUT2D eigenvalue weighted by atomic mass is 9.85. The van der Waals surface area contributed by atoms with Gasteiger partial charge in [-0.2, -0.15) is 0 Å². The molecule has 246 valence electrons. The molecule has 3 aromatic rings. The van der Waals surface area contributed by atoms with Crippen LogP contribution in [-0.2, 0) is 19.4 Å². The standard InChI is InChI=1S/C35H43N3O7S/c1-43-30-13-8-12-28(24-30)32-35(20-23-46(41,42)31-14-6-3-7-15-31,34(40)38-36-25-26-10-4-2-5-11-26)37-33(45-32)27-16-18-29(19-17-27)44-22-9-21-39/h3,6-8,12-19,24,26,32,36,39H,2,4-5,9-11,20-23,25H2,1H3,(H,38,40)/t32-,35-/m0/s1. The molecule has 1 aliphatic carbocycles. The van der Waals surface area contributed by atoms with E-state index < -0.39 is 27.4 Å². The van der Waals surface area contributed by atoms with Gasteiger partial charge in [0.1, 0.15) is 11.5 Å². The van der Waals surface area contributed by atoms with Gasteiger partial charge in [-0.15, -0.1) is 0 Å². The number of hydrazine groups is 1. The largest absolute Gasteiger partial charge is 0.497 e. The topological polar surface area (TPSA) is 136 Å². The molecule has 1 aliphatic heterocycles. The third-order valence-corrected chi connectivity index (χ3v) is 10.3. The van der Waals surface area contributed by atoms with Crippen LogP contribution in [0.5, 0.6) is 11.5 Å². The first-order chi connectivity index (χ1) is 22.3. The second-order valence-corrected chi connectivity index (χ2v) is 13.9. The normalized spacial score (nSPS) is 20.0. The maximum absolute atomic E-state index is 14.4. The maximum atomic E-state index is 14.4. The average molecular weight is 650 g/mol. The van der Waals surface area contributed by atoms with Gasteiger partial charge in [0.15, 0.2) is 21.5 Å². The second-order valence-electron chi connectivity index (χ2n) is 11.8. The predicted octanol–water partition coefficient (Wildman–Crippen LogP) is 4.78. The van der Waals surface area contributed by atoms with Crippen LogP contribution in [0.25, 0.3) is 0 Å². The number of aliphatic imine (C=N–C) groups is 1. The van der Waals surface area contributed by atoms with Gasteiger partial charge in [-0.1, -0.05) is 49.6 Å². The lowest BCUT2D eigenvalue weighted by Crippen LogP contribution is -2.54. The monoisotopic (exact) mass is 649 g/mol. The van der Waals surface area contributed by atoms with Crippen molar-refractivity contribution in [2.24, 2.45) is 10.9 Å². The highest BCUT2D eigenvalue weighted by molar-refractivity contribution is 7.91. The number of hydrogen-bond acceptors (Lipinski definition) is 9. The zero-order valence-electron chi connectivity index (χ0n) is 26.2. The number of ether oxygens (including phenoxy) is 3. The summed E-state index contributed by atoms with van der Waals surface area (Å²) < 4.78 is 44.7. The molecule has 3 aromatic carbocycles. The average Bonchev–Trinajstić information content (AvgIpc) is 3.50. The fraction of sp³-hybridized carbons (Fsp3) is 0.429. The van der Waals surface area contributed by atoms with E-state index >= 15 is 0 Å². The molecule has 2 atom stereocenters. The summed E-state index contributed by atoms with van der Waals surface area (Å²) in [6.07, 6.45) is 5.21. The molecule has 0 saturated heterocycles. The lowest BCUT2D eigenvalue weighted by Gasteiger charge is -2.31. The van der Waals surface area contributed by atoms with Crippen molar-refractivity contribution in [2.45, 2.75) is 61.5 Å². The minimum atomic E-state index is -3.76. The van der Waals surface area contributed by atoms with Crippen LogP contribution in [0.1, 0.15) is 62.2 Å². The number of sulfone groups is 1. The Morgan fingerprint density at radius 2 is 1.76 bits per heavy atom. The van der Waals surface area contributed by atoms with Crippen LogP contribution < -0.4 is 20.3 Å². The van der Waals surface area contributed by atoms with E-state index in [1.165, 1.54) is 19.3 Å². The zero-order chi connectivity index (χ0) is 32.4. The minimum Gasteiger partial charge on any atom is -0.497 e. The summed E-state index contributed by atoms with van der Waals surface area (Å²) in [6.45, 7) is 1.02. The van der Waals surface area contributed by atoms with Crippen molar-refractivity contribution in [3.63, 3.8) is 0 Å². The van der Waals surface area contributed by atoms with Crippen molar-refractivity contribution < 1.29 is 32.5 Å². The van der Waals surface area contributed by atoms with Gasteiger partial charge >= 0.3 is 0 Å². The highest BCUT2D eigenvalue weighted by Gasteiger charge is 2.54. The number of hydrogen-bond donors (Lipinski definition) is 3. The quantitative estimate of drug-likeness (QED) is 0.158. The van der Waals surface area contributed by atoms with Crippen LogP contribution in [0.2, 0.25) is 0 Å². The first-order valence-corrected chi connectivity index (χ1v) is 17.6. The van der Waals surface area contributed by atoms with Crippen LogP contribution in [0, 0.1) is 5.92 Å². The molecule has 2 aliphatic rings. The number of nitrogens with one attached hydrogen (secondary N) is 2. The summed E-state index contributed by atoms with van der Waals surface area (Å²) in [4.78, 5) is 19.5. The number of benzene rings is 3. The molecule has 1 heterocycles. The van der Waals surface area contributed by atoms with E-state index in [0.29, 0.717) is 48.1 Å². The Balaban J connectivity index is 1.50. The zero-order valence-corrected chi connectivity index (χ0v) is 27.0. The van der Waals surface area contributed by atoms with Crippen LogP contribution in [0.3, 0.4) is 0 Å². The summed E-state index contributed by atoms with van der Waals surface area (Å²) in [5, 5.41) is 9.06. The van der Waals surface area contributed by atoms with Crippen LogP contribution in [0.4, 0.5) is 0 Å². The molecule has 10 nitrogen and oxygen atoms in total. The van der Waals surface area contributed by atoms with Crippen LogP contribution >= 0.6 is 0 Å². The number of carbonyl (C=O) groups excluding carboxylic acids is 1. The molecule has 0 radical (unpaired) electrons. The Bertz CT molecular complexity index is 1580. The van der Waals surface area contributed by atoms with Gasteiger partial charge in [0.05, 0.1) is 24.4 Å². The number of nitrogens with zero attached hydrogens (tertiary/aromatic N) is 1. The van der Waals surface area contributed by atoms with Crippen molar-refractivity contribution in [3.05, 3.63) is 90.0 Å². The van der Waals surface area contributed by atoms with Crippen molar-refractivity contribution in [2.75, 3.05) is 32.6 Å². The smallest absolute Gasteiger partial charge is 0.266 e. The first kappa shape index (κ1) is 33.4. The van der Waals surface area contributed by atoms with Crippen molar-refractivity contribution in [1.29, 1.82) is 0 Å². The molecule has 11 heteroatoms. The molecular weight excluding hydrogens is 606 g/mol. The summed E-state index contributed by atoms with van der Waals surface area (Å²) in [5.41, 5.74) is 5.63. The van der Waals surface area contributed by atoms with E-state index in [1.807, 2.05) is 6.07 Å². The van der Waals surface area contributed by atoms with E-state index in [1.54, 1.807) is 79.9 Å². The van der Waals surface area contributed by atoms with Gasteiger partial charge in [0.25, 0.3) is 5.91 Å². The number of methoxy groups -OCH3 is 1. The van der Waals surface area contributed by atoms with Gasteiger partial charge in [-0.05, 0) is 72.9 Å². The summed E-state index contributed by atoms with van der Waals surface area (Å²) in [5.74, 6) is 1.05. The Hall–Kier alpha value is -3.93. The lowest BCUT2D eigenvalue weighted by molar-refractivity contribution is -0.130. The van der Waals surface area contributed by atoms with Gasteiger partial charge in [0.2, 0.25) is 5.90 Å². The van der Waals surface area contributed by atoms with E-state index in [2.05, 4.69) is 10.9 Å². The highest BCUT2D eigenvalue weighted by atomic mass is 32.2. The molecule has 1 fully saturated rings. The molecule has 5 rings (SSSR count). The summed E-state index contributed by atoms with van der Waals surface area (Å²) in [7, 11) is -2.20. The molecule has 46 heavy (non-hydrogen) atoms. The third-order valence-electron chi connectivity index (χ3n) is 8.60. The SMILES string of the molecule is COc1cccc([C@@H]2OC(c3ccc(OCCCO)cc3)=N[C@]2(CCS(=O)(=O)c2ccccc2)C(=O)NNCC2CCCCC2)c1. The Morgan fingerprint density at radius 1 is 1.00 bits per heavy atom. The van der Waals surface area contributed by atoms with E-state index in [0.717, 1.165) is 12.8 Å². The molecular formula is C35H43N3O7S. The summed E-state index contributed by atoms with van der Waals surface area (Å²) in [6, 6.07) is 22.5. The van der Waals surface area contributed by atoms with Gasteiger partial charge in [-0.3, -0.25) is 10.2 Å². The molecule has 0 aromatic heterocycles. The van der Waals surface area contributed by atoms with Crippen molar-refractivity contribution in [3.8, 4) is 11.5 Å². The molecule has 0 unspecified atom stereocenters. The maximum Gasteiger partial charge on any atom is 0.266 e. The van der Waals surface area contributed by atoms with Gasteiger partial charge in [-0.25, -0.2) is 18.8 Å². The van der Waals surface area contributed by atoms with Crippen LogP contribution in [0.15, 0.2) is 88.8 Å². The van der Waals surface area contributed by atoms with Crippen molar-refractivity contribution >= 4 is 21.6 Å². The Kier molecular flexibility index (Phi) is 11.3. The molecule has 0 spiro atoms. The molecule has 3 N–H and O–H groups in total.